The minimum absolute atomic E-state index is 0. The van der Waals surface area contributed by atoms with E-state index in [-0.39, 0.29) is 39.8 Å². The zero-order chi connectivity index (χ0) is 64.9. The summed E-state index contributed by atoms with van der Waals surface area (Å²) in [4.78, 5) is 17.4. The first kappa shape index (κ1) is 96.2. The predicted octanol–water partition coefficient (Wildman–Crippen LogP) is 18.6. The first-order chi connectivity index (χ1) is 44.0. The van der Waals surface area contributed by atoms with Gasteiger partial charge in [-0.05, 0) is 142 Å². The largest absolute Gasteiger partial charge is 0.447 e. The number of carbonyl (C=O) groups is 1. The molecule has 552 valence electrons. The molecule has 0 fully saturated rings. The summed E-state index contributed by atoms with van der Waals surface area (Å²) in [7, 11) is 0. The second-order valence-corrected chi connectivity index (χ2v) is 26.2. The van der Waals surface area contributed by atoms with Crippen LogP contribution in [0.2, 0.25) is 0 Å². The molecule has 0 heterocycles. The fraction of sp³-hybridized carbons (Fsp3) is 0.987. The molecule has 14 heteroatoms. The third kappa shape index (κ3) is 79.4. The molecule has 0 aromatic rings. The van der Waals surface area contributed by atoms with Crippen molar-refractivity contribution in [3.05, 3.63) is 0 Å². The van der Waals surface area contributed by atoms with Crippen LogP contribution in [0.1, 0.15) is 351 Å². The molecule has 0 saturated heterocycles. The van der Waals surface area contributed by atoms with Crippen molar-refractivity contribution in [1.29, 1.82) is 0 Å². The number of rotatable bonds is 76. The van der Waals surface area contributed by atoms with Gasteiger partial charge >= 0.3 is 6.09 Å². The SMILES string of the molecule is C.C.CCCCCCCCCCCCOCC(CN(CCCN)CCCCNCCCN)OCCCCCCCCCCCC.CCCCCCCCCCCCOCC(COC(=O)N(CCCN)CCCCNCCCN)OCCCCCCCCCCCC. The molecule has 1 amide bonds. The Morgan fingerprint density at radius 1 is 0.319 bits per heavy atom. The predicted molar refractivity (Wildman–Crippen MR) is 400 cm³/mol. The smallest absolute Gasteiger partial charge is 0.409 e. The molecule has 0 spiro atoms. The van der Waals surface area contributed by atoms with Crippen LogP contribution in [-0.2, 0) is 23.7 Å². The molecule has 0 rings (SSSR count). The van der Waals surface area contributed by atoms with Gasteiger partial charge in [0.15, 0.2) is 0 Å². The Morgan fingerprint density at radius 3 is 0.978 bits per heavy atom. The minimum atomic E-state index is -0.272. The minimum Gasteiger partial charge on any atom is -0.447 e. The van der Waals surface area contributed by atoms with Crippen molar-refractivity contribution in [2.45, 2.75) is 363 Å². The molecule has 14 nitrogen and oxygen atoms in total. The zero-order valence-corrected chi connectivity index (χ0v) is 60.4. The molecule has 0 aliphatic rings. The van der Waals surface area contributed by atoms with Gasteiger partial charge in [-0.2, -0.15) is 0 Å². The Kier molecular flexibility index (Phi) is 91.8. The van der Waals surface area contributed by atoms with Gasteiger partial charge in [-0.3, -0.25) is 0 Å². The van der Waals surface area contributed by atoms with Gasteiger partial charge in [0, 0.05) is 46.1 Å². The summed E-state index contributed by atoms with van der Waals surface area (Å²) < 4.78 is 30.7. The van der Waals surface area contributed by atoms with E-state index < -0.39 is 0 Å². The number of ether oxygens (including phenoxy) is 5. The fourth-order valence-corrected chi connectivity index (χ4v) is 11.4. The average molecular weight is 1300 g/mol. The first-order valence-electron chi connectivity index (χ1n) is 39.2. The second-order valence-electron chi connectivity index (χ2n) is 26.2. The number of hydrogen-bond donors (Lipinski definition) is 6. The maximum atomic E-state index is 13.0. The molecule has 0 aromatic heterocycles. The lowest BCUT2D eigenvalue weighted by molar-refractivity contribution is -0.0506. The molecule has 0 saturated carbocycles. The zero-order valence-electron chi connectivity index (χ0n) is 60.4. The van der Waals surface area contributed by atoms with Crippen LogP contribution in [0.15, 0.2) is 0 Å². The first-order valence-corrected chi connectivity index (χ1v) is 39.2. The summed E-state index contributed by atoms with van der Waals surface area (Å²) >= 11 is 0. The Morgan fingerprint density at radius 2 is 0.604 bits per heavy atom. The lowest BCUT2D eigenvalue weighted by Crippen LogP contribution is -2.39. The van der Waals surface area contributed by atoms with E-state index >= 15 is 0 Å². The highest BCUT2D eigenvalue weighted by molar-refractivity contribution is 5.67. The summed E-state index contributed by atoms with van der Waals surface area (Å²) in [6.07, 6.45) is 61.1. The van der Waals surface area contributed by atoms with Crippen molar-refractivity contribution in [3.63, 3.8) is 0 Å². The molecule has 10 N–H and O–H groups in total. The van der Waals surface area contributed by atoms with Gasteiger partial charge in [0.1, 0.15) is 12.7 Å². The highest BCUT2D eigenvalue weighted by atomic mass is 16.6. The van der Waals surface area contributed by atoms with E-state index in [1.165, 1.54) is 257 Å². The Balaban J connectivity index is -0.000000816. The van der Waals surface area contributed by atoms with Crippen molar-refractivity contribution >= 4 is 6.09 Å². The normalized spacial score (nSPS) is 12.0. The number of hydrogen-bond acceptors (Lipinski definition) is 13. The van der Waals surface area contributed by atoms with E-state index in [4.69, 9.17) is 46.6 Å². The number of nitrogens with two attached hydrogens (primary N) is 4. The second kappa shape index (κ2) is 86.8. The lowest BCUT2D eigenvalue weighted by atomic mass is 10.1. The van der Waals surface area contributed by atoms with Crippen molar-refractivity contribution < 1.29 is 28.5 Å². The van der Waals surface area contributed by atoms with Gasteiger partial charge in [-0.1, -0.05) is 274 Å². The number of unbranched alkanes of at least 4 members (excludes halogenated alkanes) is 38. The standard InChI is InChI=1S/C38H80N4O4.C37H80N4O2.2CH4/c1-3-5-7-9-11-13-15-17-19-23-33-44-35-37(45-34-24-20-18-16-14-12-10-8-6-4-2)36-46-38(43)42(32-26-28-40)31-22-21-29-41-30-25-27-39;1-3-5-7-9-11-13-15-17-19-23-33-42-36-37(43-34-24-20-18-16-14-12-10-8-6-4-2)35-41(32-26-28-39)31-22-21-29-40-30-25-27-38;;/h37,41H,3-36,39-40H2,1-2H3;37,40H,3-36,38-39H2,1-2H3;2*1H4. The number of carbonyl (C=O) groups excluding carboxylic acids is 1. The third-order valence-electron chi connectivity index (χ3n) is 17.2. The number of nitrogens with zero attached hydrogens (tertiary/aromatic N) is 2. The third-order valence-corrected chi connectivity index (χ3v) is 17.2. The van der Waals surface area contributed by atoms with E-state index in [0.29, 0.717) is 39.4 Å². The lowest BCUT2D eigenvalue weighted by Gasteiger charge is -2.28. The number of amides is 1. The maximum Gasteiger partial charge on any atom is 0.409 e. The quantitative estimate of drug-likeness (QED) is 0.0315. The summed E-state index contributed by atoms with van der Waals surface area (Å²) in [6.45, 7) is 24.9. The maximum absolute atomic E-state index is 13.0. The van der Waals surface area contributed by atoms with E-state index in [9.17, 15) is 4.79 Å². The molecule has 0 radical (unpaired) electrons. The van der Waals surface area contributed by atoms with E-state index in [0.717, 1.165) is 137 Å². The van der Waals surface area contributed by atoms with Crippen LogP contribution in [0.4, 0.5) is 4.79 Å². The van der Waals surface area contributed by atoms with Gasteiger partial charge in [-0.15, -0.1) is 0 Å². The van der Waals surface area contributed by atoms with Gasteiger partial charge in [0.05, 0.1) is 19.3 Å². The van der Waals surface area contributed by atoms with Crippen LogP contribution in [0.5, 0.6) is 0 Å². The summed E-state index contributed by atoms with van der Waals surface area (Å²) in [6, 6.07) is 0. The summed E-state index contributed by atoms with van der Waals surface area (Å²) in [5.74, 6) is 0. The van der Waals surface area contributed by atoms with Crippen LogP contribution in [0, 0.1) is 0 Å². The van der Waals surface area contributed by atoms with Crippen LogP contribution in [0.3, 0.4) is 0 Å². The molecule has 2 atom stereocenters. The fourth-order valence-electron chi connectivity index (χ4n) is 11.4. The van der Waals surface area contributed by atoms with E-state index in [2.05, 4.69) is 43.2 Å². The van der Waals surface area contributed by atoms with Crippen molar-refractivity contribution in [3.8, 4) is 0 Å². The number of nitrogens with one attached hydrogen (secondary N) is 2. The Hall–Kier alpha value is -1.17. The Labute approximate surface area is 569 Å². The van der Waals surface area contributed by atoms with Gasteiger partial charge in [-0.25, -0.2) is 4.79 Å². The Bertz CT molecular complexity index is 1280. The van der Waals surface area contributed by atoms with E-state index in [1.807, 2.05) is 0 Å². The molecular weight excluding hydrogens is 1130 g/mol. The van der Waals surface area contributed by atoms with Crippen LogP contribution in [0.25, 0.3) is 0 Å². The topological polar surface area (TPSA) is 198 Å². The highest BCUT2D eigenvalue weighted by Gasteiger charge is 2.19. The van der Waals surface area contributed by atoms with Crippen molar-refractivity contribution in [2.75, 3.05) is 131 Å². The molecule has 0 aliphatic carbocycles. The molecule has 2 unspecified atom stereocenters. The van der Waals surface area contributed by atoms with Gasteiger partial charge in [0.2, 0.25) is 0 Å². The molecule has 0 aromatic carbocycles. The summed E-state index contributed by atoms with van der Waals surface area (Å²) in [5.41, 5.74) is 22.8. The van der Waals surface area contributed by atoms with Crippen LogP contribution >= 0.6 is 0 Å². The monoisotopic (exact) mass is 1300 g/mol. The van der Waals surface area contributed by atoms with E-state index in [1.54, 1.807) is 4.90 Å². The molecule has 91 heavy (non-hydrogen) atoms. The molecular formula is C77H168N8O6. The van der Waals surface area contributed by atoms with Crippen LogP contribution < -0.4 is 33.6 Å². The van der Waals surface area contributed by atoms with Crippen LogP contribution in [-0.4, -0.2) is 159 Å². The molecule has 0 aliphatic heterocycles. The van der Waals surface area contributed by atoms with Gasteiger partial charge < -0.3 is 67.1 Å². The van der Waals surface area contributed by atoms with Crippen molar-refractivity contribution in [2.24, 2.45) is 22.9 Å². The highest BCUT2D eigenvalue weighted by Crippen LogP contribution is 2.16. The summed E-state index contributed by atoms with van der Waals surface area (Å²) in [5, 5.41) is 6.91. The average Bonchev–Trinajstić information content (AvgIpc) is 3.33. The molecule has 0 bridgehead atoms. The van der Waals surface area contributed by atoms with Crippen molar-refractivity contribution in [1.82, 2.24) is 20.4 Å². The van der Waals surface area contributed by atoms with Gasteiger partial charge in [0.25, 0.3) is 0 Å².